The molecule has 1 N–H and O–H groups in total. The van der Waals surface area contributed by atoms with Crippen molar-refractivity contribution in [3.8, 4) is 0 Å². The molecule has 0 amide bonds. The molecule has 18 heavy (non-hydrogen) atoms. The van der Waals surface area contributed by atoms with Crippen LogP contribution in [0.4, 0.5) is 0 Å². The molecule has 100 valence electrons. The van der Waals surface area contributed by atoms with Gasteiger partial charge in [0.2, 0.25) is 0 Å². The summed E-state index contributed by atoms with van der Waals surface area (Å²) < 4.78 is 3.07. The summed E-state index contributed by atoms with van der Waals surface area (Å²) in [5.41, 5.74) is 2.22. The summed E-state index contributed by atoms with van der Waals surface area (Å²) in [7, 11) is 0. The number of likely N-dealkylation sites (tertiary alicyclic amines) is 1. The predicted molar refractivity (Wildman–Crippen MR) is 71.4 cm³/mol. The molecule has 1 aliphatic rings. The number of aromatic nitrogens is 2. The largest absolute Gasteiger partial charge is 0.481 e. The Hall–Kier alpha value is -0.880. The molecule has 1 fully saturated rings. The number of carboxylic acids is 1. The zero-order chi connectivity index (χ0) is 13.3. The highest BCUT2D eigenvalue weighted by Crippen LogP contribution is 2.26. The van der Waals surface area contributed by atoms with Gasteiger partial charge >= 0.3 is 5.97 Å². The maximum Gasteiger partial charge on any atom is 0.309 e. The minimum Gasteiger partial charge on any atom is -0.481 e. The number of carbonyl (C=O) groups is 1. The molecule has 0 atom stereocenters. The smallest absolute Gasteiger partial charge is 0.309 e. The lowest BCUT2D eigenvalue weighted by Crippen LogP contribution is -2.49. The number of carboxylic acid groups (broad SMARTS) is 1. The molecule has 5 nitrogen and oxygen atoms in total. The molecule has 1 aromatic rings. The summed E-state index contributed by atoms with van der Waals surface area (Å²) in [6.45, 7) is 7.03. The van der Waals surface area contributed by atoms with Gasteiger partial charge in [0.15, 0.2) is 0 Å². The van der Waals surface area contributed by atoms with E-state index in [0.29, 0.717) is 13.1 Å². The topological polar surface area (TPSA) is 58.4 Å². The molecular weight excluding hydrogens is 298 g/mol. The molecular formula is C12H18BrN3O2. The van der Waals surface area contributed by atoms with Crippen LogP contribution in [-0.2, 0) is 24.3 Å². The number of rotatable bonds is 5. The molecule has 0 spiro atoms. The van der Waals surface area contributed by atoms with Crippen LogP contribution in [0.1, 0.15) is 25.2 Å². The number of aliphatic carboxylic acids is 1. The second-order valence-corrected chi connectivity index (χ2v) is 5.40. The van der Waals surface area contributed by atoms with Crippen molar-refractivity contribution in [3.05, 3.63) is 15.9 Å². The van der Waals surface area contributed by atoms with E-state index in [1.165, 1.54) is 0 Å². The van der Waals surface area contributed by atoms with Crippen molar-refractivity contribution in [2.45, 2.75) is 33.4 Å². The van der Waals surface area contributed by atoms with Gasteiger partial charge in [-0.15, -0.1) is 0 Å². The first-order valence-electron chi connectivity index (χ1n) is 6.26. The van der Waals surface area contributed by atoms with Crippen molar-refractivity contribution in [2.75, 3.05) is 13.1 Å². The van der Waals surface area contributed by atoms with Crippen molar-refractivity contribution in [3.63, 3.8) is 0 Å². The number of hydrogen-bond acceptors (Lipinski definition) is 3. The highest BCUT2D eigenvalue weighted by molar-refractivity contribution is 9.10. The second kappa shape index (κ2) is 5.40. The molecule has 0 bridgehead atoms. The molecule has 0 radical (unpaired) electrons. The van der Waals surface area contributed by atoms with E-state index in [0.717, 1.165) is 35.4 Å². The molecule has 1 saturated heterocycles. The number of nitrogens with zero attached hydrogens (tertiary/aromatic N) is 3. The van der Waals surface area contributed by atoms with Gasteiger partial charge in [0, 0.05) is 26.2 Å². The average Bonchev–Trinajstić information content (AvgIpc) is 2.59. The molecule has 2 rings (SSSR count). The lowest BCUT2D eigenvalue weighted by molar-refractivity contribution is -0.147. The lowest BCUT2D eigenvalue weighted by atomic mass is 10.0. The van der Waals surface area contributed by atoms with Crippen LogP contribution in [0, 0.1) is 5.92 Å². The lowest BCUT2D eigenvalue weighted by Gasteiger charge is -2.36. The summed E-state index contributed by atoms with van der Waals surface area (Å²) in [5, 5.41) is 13.4. The quantitative estimate of drug-likeness (QED) is 0.899. The van der Waals surface area contributed by atoms with Crippen molar-refractivity contribution < 1.29 is 9.90 Å². The van der Waals surface area contributed by atoms with E-state index in [4.69, 9.17) is 5.11 Å². The van der Waals surface area contributed by atoms with Crippen LogP contribution in [0.25, 0.3) is 0 Å². The predicted octanol–water partition coefficient (Wildman–Crippen LogP) is 1.74. The van der Waals surface area contributed by atoms with Gasteiger partial charge < -0.3 is 5.11 Å². The Morgan fingerprint density at radius 1 is 1.50 bits per heavy atom. The fourth-order valence-corrected chi connectivity index (χ4v) is 2.93. The minimum absolute atomic E-state index is 0.201. The minimum atomic E-state index is -0.691. The third-order valence-corrected chi connectivity index (χ3v) is 4.29. The molecule has 1 aliphatic heterocycles. The summed E-state index contributed by atoms with van der Waals surface area (Å²) >= 11 is 3.60. The maximum atomic E-state index is 10.8. The van der Waals surface area contributed by atoms with Crippen LogP contribution in [0.15, 0.2) is 4.47 Å². The molecule has 1 aromatic heterocycles. The fraction of sp³-hybridized carbons (Fsp3) is 0.667. The van der Waals surface area contributed by atoms with Crippen LogP contribution >= 0.6 is 15.9 Å². The van der Waals surface area contributed by atoms with Gasteiger partial charge in [-0.3, -0.25) is 14.4 Å². The Balaban J connectivity index is 2.06. The first-order valence-corrected chi connectivity index (χ1v) is 7.05. The first-order chi connectivity index (χ1) is 8.56. The third-order valence-electron chi connectivity index (χ3n) is 3.37. The van der Waals surface area contributed by atoms with E-state index < -0.39 is 5.97 Å². The van der Waals surface area contributed by atoms with Gasteiger partial charge in [0.25, 0.3) is 0 Å². The van der Waals surface area contributed by atoms with Gasteiger partial charge in [-0.1, -0.05) is 6.92 Å². The van der Waals surface area contributed by atoms with Crippen LogP contribution in [0.5, 0.6) is 0 Å². The van der Waals surface area contributed by atoms with Gasteiger partial charge in [-0.2, -0.15) is 5.10 Å². The summed E-state index contributed by atoms with van der Waals surface area (Å²) in [5.74, 6) is -0.893. The Morgan fingerprint density at radius 3 is 2.67 bits per heavy atom. The van der Waals surface area contributed by atoms with E-state index in [-0.39, 0.29) is 5.92 Å². The van der Waals surface area contributed by atoms with E-state index in [9.17, 15) is 4.79 Å². The molecule has 0 unspecified atom stereocenters. The van der Waals surface area contributed by atoms with Crippen molar-refractivity contribution in [1.82, 2.24) is 14.7 Å². The molecule has 2 heterocycles. The molecule has 6 heteroatoms. The Morgan fingerprint density at radius 2 is 2.17 bits per heavy atom. The van der Waals surface area contributed by atoms with Crippen molar-refractivity contribution in [1.29, 1.82) is 0 Å². The van der Waals surface area contributed by atoms with Gasteiger partial charge in [-0.25, -0.2) is 0 Å². The molecule has 0 saturated carbocycles. The van der Waals surface area contributed by atoms with Crippen LogP contribution < -0.4 is 0 Å². The van der Waals surface area contributed by atoms with E-state index in [1.54, 1.807) is 0 Å². The van der Waals surface area contributed by atoms with Gasteiger partial charge in [0.1, 0.15) is 0 Å². The SMILES string of the molecule is CCc1nn(CC)c(CN2CC(C(=O)O)C2)c1Br. The highest BCUT2D eigenvalue weighted by Gasteiger charge is 2.33. The van der Waals surface area contributed by atoms with Crippen molar-refractivity contribution >= 4 is 21.9 Å². The van der Waals surface area contributed by atoms with E-state index >= 15 is 0 Å². The van der Waals surface area contributed by atoms with Crippen LogP contribution in [-0.4, -0.2) is 38.8 Å². The average molecular weight is 316 g/mol. The van der Waals surface area contributed by atoms with E-state index in [2.05, 4.69) is 39.8 Å². The Kier molecular flexibility index (Phi) is 4.07. The standard InChI is InChI=1S/C12H18BrN3O2/c1-3-9-11(13)10(16(4-2)14-9)7-15-5-8(6-15)12(17)18/h8H,3-7H2,1-2H3,(H,17,18). The Labute approximate surface area is 115 Å². The third kappa shape index (κ3) is 2.44. The normalized spacial score (nSPS) is 16.8. The van der Waals surface area contributed by atoms with Crippen LogP contribution in [0.2, 0.25) is 0 Å². The number of aryl methyl sites for hydroxylation is 2. The Bertz CT molecular complexity index is 452. The zero-order valence-corrected chi connectivity index (χ0v) is 12.3. The van der Waals surface area contributed by atoms with E-state index in [1.807, 2.05) is 4.68 Å². The summed E-state index contributed by atoms with van der Waals surface area (Å²) in [6.07, 6.45) is 0.901. The van der Waals surface area contributed by atoms with Crippen LogP contribution in [0.3, 0.4) is 0 Å². The summed E-state index contributed by atoms with van der Waals surface area (Å²) in [6, 6.07) is 0. The highest BCUT2D eigenvalue weighted by atomic mass is 79.9. The monoisotopic (exact) mass is 315 g/mol. The second-order valence-electron chi connectivity index (χ2n) is 4.61. The van der Waals surface area contributed by atoms with Gasteiger partial charge in [0.05, 0.1) is 21.8 Å². The fourth-order valence-electron chi connectivity index (χ4n) is 2.24. The first kappa shape index (κ1) is 13.5. The number of hydrogen-bond donors (Lipinski definition) is 1. The number of halogens is 1. The summed E-state index contributed by atoms with van der Waals surface area (Å²) in [4.78, 5) is 12.9. The zero-order valence-electron chi connectivity index (χ0n) is 10.7. The van der Waals surface area contributed by atoms with Gasteiger partial charge in [-0.05, 0) is 29.3 Å². The molecule has 0 aliphatic carbocycles. The maximum absolute atomic E-state index is 10.8. The van der Waals surface area contributed by atoms with Crippen molar-refractivity contribution in [2.24, 2.45) is 5.92 Å². The molecule has 0 aromatic carbocycles.